The van der Waals surface area contributed by atoms with E-state index in [1.807, 2.05) is 24.3 Å². The molecule has 1 aromatic carbocycles. The summed E-state index contributed by atoms with van der Waals surface area (Å²) in [6.45, 7) is 0. The Balaban J connectivity index is 1.58. The van der Waals surface area contributed by atoms with Crippen LogP contribution < -0.4 is 5.32 Å². The summed E-state index contributed by atoms with van der Waals surface area (Å²) in [6.07, 6.45) is 5.30. The Labute approximate surface area is 132 Å². The molecule has 0 radical (unpaired) electrons. The Morgan fingerprint density at radius 3 is 3.05 bits per heavy atom. The molecule has 110 valence electrons. The Kier molecular flexibility index (Phi) is 4.39. The van der Waals surface area contributed by atoms with Crippen LogP contribution in [0.4, 0.5) is 5.82 Å². The minimum Gasteiger partial charge on any atom is -0.359 e. The first-order chi connectivity index (χ1) is 10.2. The van der Waals surface area contributed by atoms with Gasteiger partial charge in [0.15, 0.2) is 5.82 Å². The second-order valence-electron chi connectivity index (χ2n) is 5.32. The molecule has 1 aliphatic carbocycles. The number of rotatable bonds is 4. The van der Waals surface area contributed by atoms with Gasteiger partial charge >= 0.3 is 0 Å². The lowest BCUT2D eigenvalue weighted by Gasteiger charge is -2.09. The van der Waals surface area contributed by atoms with E-state index in [0.29, 0.717) is 18.7 Å². The lowest BCUT2D eigenvalue weighted by Crippen LogP contribution is -2.14. The standard InChI is InChI=1S/C16H17BrN2O2/c17-12-5-3-4-11(10-12)8-9-15(20)18-16-13-6-1-2-7-14(13)21-19-16/h3-5,10H,1-2,6-9H2,(H,18,19,20). The van der Waals surface area contributed by atoms with Gasteiger partial charge in [0, 0.05) is 22.9 Å². The predicted octanol–water partition coefficient (Wildman–Crippen LogP) is 3.89. The molecule has 3 rings (SSSR count). The maximum absolute atomic E-state index is 12.0. The van der Waals surface area contributed by atoms with Crippen molar-refractivity contribution in [3.8, 4) is 0 Å². The maximum atomic E-state index is 12.0. The summed E-state index contributed by atoms with van der Waals surface area (Å²) >= 11 is 3.44. The van der Waals surface area contributed by atoms with Gasteiger partial charge < -0.3 is 9.84 Å². The third kappa shape index (κ3) is 3.53. The number of carbonyl (C=O) groups is 1. The zero-order valence-corrected chi connectivity index (χ0v) is 13.3. The number of aromatic nitrogens is 1. The normalized spacial score (nSPS) is 13.8. The molecule has 1 N–H and O–H groups in total. The number of fused-ring (bicyclic) bond motifs is 1. The number of aryl methyl sites for hydroxylation is 2. The van der Waals surface area contributed by atoms with Crippen LogP contribution in [0.25, 0.3) is 0 Å². The van der Waals surface area contributed by atoms with E-state index < -0.39 is 0 Å². The third-order valence-corrected chi connectivity index (χ3v) is 4.23. The molecule has 21 heavy (non-hydrogen) atoms. The smallest absolute Gasteiger partial charge is 0.225 e. The Morgan fingerprint density at radius 1 is 1.33 bits per heavy atom. The molecule has 0 fully saturated rings. The van der Waals surface area contributed by atoms with E-state index in [9.17, 15) is 4.79 Å². The fraction of sp³-hybridized carbons (Fsp3) is 0.375. The van der Waals surface area contributed by atoms with Gasteiger partial charge in [-0.05, 0) is 43.4 Å². The maximum Gasteiger partial charge on any atom is 0.225 e. The van der Waals surface area contributed by atoms with Crippen molar-refractivity contribution in [2.24, 2.45) is 0 Å². The average molecular weight is 349 g/mol. The highest BCUT2D eigenvalue weighted by Crippen LogP contribution is 2.27. The van der Waals surface area contributed by atoms with E-state index in [2.05, 4.69) is 26.4 Å². The van der Waals surface area contributed by atoms with E-state index in [-0.39, 0.29) is 5.91 Å². The Hall–Kier alpha value is -1.62. The minimum atomic E-state index is -0.0170. The Bertz CT molecular complexity index is 651. The monoisotopic (exact) mass is 348 g/mol. The quantitative estimate of drug-likeness (QED) is 0.911. The van der Waals surface area contributed by atoms with Crippen LogP contribution >= 0.6 is 15.9 Å². The van der Waals surface area contributed by atoms with Gasteiger partial charge in [-0.25, -0.2) is 0 Å². The fourth-order valence-corrected chi connectivity index (χ4v) is 3.07. The van der Waals surface area contributed by atoms with Crippen LogP contribution in [0.1, 0.15) is 36.1 Å². The third-order valence-electron chi connectivity index (χ3n) is 3.74. The molecule has 0 aliphatic heterocycles. The zero-order chi connectivity index (χ0) is 14.7. The van der Waals surface area contributed by atoms with Gasteiger partial charge in [-0.1, -0.05) is 33.2 Å². The van der Waals surface area contributed by atoms with Crippen molar-refractivity contribution in [1.29, 1.82) is 0 Å². The number of benzene rings is 1. The molecule has 0 atom stereocenters. The van der Waals surface area contributed by atoms with Crippen molar-refractivity contribution >= 4 is 27.7 Å². The van der Waals surface area contributed by atoms with Gasteiger partial charge in [0.1, 0.15) is 5.76 Å². The molecule has 0 bridgehead atoms. The first kappa shape index (κ1) is 14.3. The lowest BCUT2D eigenvalue weighted by molar-refractivity contribution is -0.116. The van der Waals surface area contributed by atoms with Crippen LogP contribution in [0.2, 0.25) is 0 Å². The fourth-order valence-electron chi connectivity index (χ4n) is 2.63. The average Bonchev–Trinajstić information content (AvgIpc) is 2.89. The molecule has 1 aromatic heterocycles. The van der Waals surface area contributed by atoms with Crippen molar-refractivity contribution in [2.75, 3.05) is 5.32 Å². The van der Waals surface area contributed by atoms with Crippen molar-refractivity contribution < 1.29 is 9.32 Å². The van der Waals surface area contributed by atoms with E-state index in [1.165, 1.54) is 0 Å². The molecule has 0 unspecified atom stereocenters. The molecule has 0 spiro atoms. The van der Waals surface area contributed by atoms with Gasteiger partial charge in [-0.15, -0.1) is 0 Å². The number of carbonyl (C=O) groups excluding carboxylic acids is 1. The van der Waals surface area contributed by atoms with E-state index >= 15 is 0 Å². The summed E-state index contributed by atoms with van der Waals surface area (Å²) in [4.78, 5) is 12.0. The van der Waals surface area contributed by atoms with E-state index in [0.717, 1.165) is 47.0 Å². The van der Waals surface area contributed by atoms with Crippen molar-refractivity contribution in [1.82, 2.24) is 5.16 Å². The number of nitrogens with zero attached hydrogens (tertiary/aromatic N) is 1. The van der Waals surface area contributed by atoms with Crippen LogP contribution in [0.3, 0.4) is 0 Å². The highest BCUT2D eigenvalue weighted by atomic mass is 79.9. The van der Waals surface area contributed by atoms with Gasteiger partial charge in [-0.3, -0.25) is 4.79 Å². The number of hydrogen-bond acceptors (Lipinski definition) is 3. The molecule has 0 saturated heterocycles. The number of halogens is 1. The summed E-state index contributed by atoms with van der Waals surface area (Å²) in [5.41, 5.74) is 2.22. The first-order valence-corrected chi connectivity index (χ1v) is 8.03. The number of anilines is 1. The largest absolute Gasteiger partial charge is 0.359 e. The van der Waals surface area contributed by atoms with Gasteiger partial charge in [-0.2, -0.15) is 0 Å². The van der Waals surface area contributed by atoms with E-state index in [4.69, 9.17) is 4.52 Å². The van der Waals surface area contributed by atoms with Crippen LogP contribution in [-0.4, -0.2) is 11.1 Å². The lowest BCUT2D eigenvalue weighted by atomic mass is 9.98. The van der Waals surface area contributed by atoms with Crippen LogP contribution in [0.15, 0.2) is 33.3 Å². The molecule has 4 nitrogen and oxygen atoms in total. The molecule has 5 heteroatoms. The van der Waals surface area contributed by atoms with Crippen LogP contribution in [0.5, 0.6) is 0 Å². The number of nitrogens with one attached hydrogen (secondary N) is 1. The summed E-state index contributed by atoms with van der Waals surface area (Å²) in [6, 6.07) is 8.01. The van der Waals surface area contributed by atoms with Gasteiger partial charge in [0.25, 0.3) is 0 Å². The summed E-state index contributed by atoms with van der Waals surface area (Å²) in [5.74, 6) is 1.53. The number of hydrogen-bond donors (Lipinski definition) is 1. The highest BCUT2D eigenvalue weighted by molar-refractivity contribution is 9.10. The molecule has 1 heterocycles. The van der Waals surface area contributed by atoms with E-state index in [1.54, 1.807) is 0 Å². The second-order valence-corrected chi connectivity index (χ2v) is 6.23. The van der Waals surface area contributed by atoms with Crippen LogP contribution in [-0.2, 0) is 24.1 Å². The number of amides is 1. The zero-order valence-electron chi connectivity index (χ0n) is 11.7. The summed E-state index contributed by atoms with van der Waals surface area (Å²) in [5, 5.41) is 6.87. The van der Waals surface area contributed by atoms with Crippen molar-refractivity contribution in [2.45, 2.75) is 38.5 Å². The molecule has 0 saturated carbocycles. The van der Waals surface area contributed by atoms with Gasteiger partial charge in [0.05, 0.1) is 0 Å². The highest BCUT2D eigenvalue weighted by Gasteiger charge is 2.20. The molecular formula is C16H17BrN2O2. The predicted molar refractivity (Wildman–Crippen MR) is 84.2 cm³/mol. The van der Waals surface area contributed by atoms with Crippen molar-refractivity contribution in [3.05, 3.63) is 45.6 Å². The topological polar surface area (TPSA) is 55.1 Å². The first-order valence-electron chi connectivity index (χ1n) is 7.24. The molecule has 2 aromatic rings. The molecule has 1 aliphatic rings. The molecule has 1 amide bonds. The van der Waals surface area contributed by atoms with Gasteiger partial charge in [0.2, 0.25) is 5.91 Å². The Morgan fingerprint density at radius 2 is 2.19 bits per heavy atom. The second kappa shape index (κ2) is 6.43. The summed E-state index contributed by atoms with van der Waals surface area (Å²) in [7, 11) is 0. The summed E-state index contributed by atoms with van der Waals surface area (Å²) < 4.78 is 6.33. The SMILES string of the molecule is O=C(CCc1cccc(Br)c1)Nc1noc2c1CCCC2. The minimum absolute atomic E-state index is 0.0170. The van der Waals surface area contributed by atoms with Crippen LogP contribution in [0, 0.1) is 0 Å². The van der Waals surface area contributed by atoms with Crippen molar-refractivity contribution in [3.63, 3.8) is 0 Å². The molecular weight excluding hydrogens is 332 g/mol.